The highest BCUT2D eigenvalue weighted by atomic mass is 16.6. The van der Waals surface area contributed by atoms with Crippen LogP contribution in [0.5, 0.6) is 5.75 Å². The predicted octanol–water partition coefficient (Wildman–Crippen LogP) is 4.89. The van der Waals surface area contributed by atoms with Gasteiger partial charge in [-0.05, 0) is 25.5 Å². The monoisotopic (exact) mass is 342 g/mol. The van der Waals surface area contributed by atoms with E-state index in [2.05, 4.69) is 13.8 Å². The van der Waals surface area contributed by atoms with Crippen molar-refractivity contribution in [1.82, 2.24) is 0 Å². The molecule has 0 unspecified atom stereocenters. The van der Waals surface area contributed by atoms with E-state index in [0.717, 1.165) is 18.8 Å². The highest BCUT2D eigenvalue weighted by Crippen LogP contribution is 2.10. The molecule has 4 heteroatoms. The lowest BCUT2D eigenvalue weighted by atomic mass is 10.2. The summed E-state index contributed by atoms with van der Waals surface area (Å²) in [5.41, 5.74) is 1.23. The van der Waals surface area contributed by atoms with E-state index in [0.29, 0.717) is 39.6 Å². The summed E-state index contributed by atoms with van der Waals surface area (Å²) in [6, 6.07) is 8.00. The van der Waals surface area contributed by atoms with Crippen LogP contribution in [0.1, 0.15) is 46.6 Å². The van der Waals surface area contributed by atoms with Crippen LogP contribution in [0.25, 0.3) is 0 Å². The van der Waals surface area contributed by atoms with Gasteiger partial charge in [0.2, 0.25) is 0 Å². The maximum Gasteiger partial charge on any atom is 0.119 e. The molecule has 0 aliphatic rings. The topological polar surface area (TPSA) is 36.9 Å². The number of benzene rings is 1. The molecule has 0 radical (unpaired) electrons. The lowest BCUT2D eigenvalue weighted by Crippen LogP contribution is -2.12. The summed E-state index contributed by atoms with van der Waals surface area (Å²) in [7, 11) is 0. The van der Waals surface area contributed by atoms with Gasteiger partial charge in [-0.2, -0.15) is 0 Å². The molecular formula is C20H38O4. The molecule has 0 fully saturated rings. The molecule has 0 atom stereocenters. The van der Waals surface area contributed by atoms with Crippen molar-refractivity contribution in [3.8, 4) is 5.75 Å². The lowest BCUT2D eigenvalue weighted by molar-refractivity contribution is 0.00945. The second-order valence-electron chi connectivity index (χ2n) is 4.50. The molecule has 1 aromatic rings. The minimum Gasteiger partial charge on any atom is -0.491 e. The average molecular weight is 343 g/mol. The summed E-state index contributed by atoms with van der Waals surface area (Å²) < 4.78 is 21.6. The Balaban J connectivity index is 0. The van der Waals surface area contributed by atoms with E-state index < -0.39 is 0 Å². The number of hydrogen-bond donors (Lipinski definition) is 0. The quantitative estimate of drug-likeness (QED) is 0.507. The molecule has 0 heterocycles. The molecule has 0 aromatic heterocycles. The maximum atomic E-state index is 5.55. The van der Waals surface area contributed by atoms with Gasteiger partial charge in [-0.1, -0.05) is 52.3 Å². The Bertz CT molecular complexity index is 325. The third-order valence-corrected chi connectivity index (χ3v) is 2.61. The van der Waals surface area contributed by atoms with Crippen molar-refractivity contribution in [3.05, 3.63) is 29.8 Å². The molecule has 4 nitrogen and oxygen atoms in total. The van der Waals surface area contributed by atoms with Gasteiger partial charge in [0, 0.05) is 6.61 Å². The fraction of sp³-hybridized carbons (Fsp3) is 0.700. The highest BCUT2D eigenvalue weighted by molar-refractivity contribution is 5.26. The zero-order chi connectivity index (χ0) is 18.5. The molecule has 0 spiro atoms. The SMILES string of the molecule is CC.CC.CCCOCCOCCOCCOc1ccc(C)cc1. The Hall–Kier alpha value is -1.10. The standard InChI is InChI=1S/C16H26O4.2C2H6/c1-3-8-17-9-10-18-11-12-19-13-14-20-16-6-4-15(2)5-7-16;2*1-2/h4-7H,3,8-14H2,1-2H3;2*1-2H3. The predicted molar refractivity (Wildman–Crippen MR) is 102 cm³/mol. The van der Waals surface area contributed by atoms with Crippen LogP contribution in [0, 0.1) is 6.92 Å². The van der Waals surface area contributed by atoms with Crippen molar-refractivity contribution in [2.24, 2.45) is 0 Å². The summed E-state index contributed by atoms with van der Waals surface area (Å²) >= 11 is 0. The lowest BCUT2D eigenvalue weighted by Gasteiger charge is -2.08. The normalized spacial score (nSPS) is 9.42. The molecule has 0 saturated heterocycles. The minimum atomic E-state index is 0.558. The number of hydrogen-bond acceptors (Lipinski definition) is 4. The molecule has 1 aromatic carbocycles. The van der Waals surface area contributed by atoms with Crippen molar-refractivity contribution < 1.29 is 18.9 Å². The van der Waals surface area contributed by atoms with E-state index in [1.165, 1.54) is 5.56 Å². The van der Waals surface area contributed by atoms with E-state index in [9.17, 15) is 0 Å². The van der Waals surface area contributed by atoms with Crippen LogP contribution in [0.4, 0.5) is 0 Å². The first-order valence-corrected chi connectivity index (χ1v) is 9.25. The van der Waals surface area contributed by atoms with Crippen LogP contribution < -0.4 is 4.74 Å². The van der Waals surface area contributed by atoms with Crippen LogP contribution >= 0.6 is 0 Å². The maximum absolute atomic E-state index is 5.55. The largest absolute Gasteiger partial charge is 0.491 e. The summed E-state index contributed by atoms with van der Waals surface area (Å²) in [4.78, 5) is 0. The van der Waals surface area contributed by atoms with Crippen LogP contribution in [0.15, 0.2) is 24.3 Å². The first-order valence-electron chi connectivity index (χ1n) is 9.25. The van der Waals surface area contributed by atoms with Crippen LogP contribution in [0.2, 0.25) is 0 Å². The van der Waals surface area contributed by atoms with Gasteiger partial charge in [-0.25, -0.2) is 0 Å². The smallest absolute Gasteiger partial charge is 0.119 e. The second kappa shape index (κ2) is 21.9. The molecule has 0 amide bonds. The number of ether oxygens (including phenoxy) is 4. The zero-order valence-electron chi connectivity index (χ0n) is 16.6. The van der Waals surface area contributed by atoms with Crippen LogP contribution in [-0.4, -0.2) is 46.2 Å². The van der Waals surface area contributed by atoms with Crippen LogP contribution in [0.3, 0.4) is 0 Å². The molecule has 0 aliphatic carbocycles. The summed E-state index contributed by atoms with van der Waals surface area (Å²) in [6.45, 7) is 16.6. The van der Waals surface area contributed by atoms with Crippen molar-refractivity contribution in [1.29, 1.82) is 0 Å². The third-order valence-electron chi connectivity index (χ3n) is 2.61. The summed E-state index contributed by atoms with van der Waals surface area (Å²) in [5, 5.41) is 0. The first kappa shape index (κ1) is 25.1. The number of aryl methyl sites for hydroxylation is 1. The average Bonchev–Trinajstić information content (AvgIpc) is 2.64. The Labute approximate surface area is 149 Å². The van der Waals surface area contributed by atoms with Gasteiger partial charge in [0.05, 0.1) is 33.0 Å². The van der Waals surface area contributed by atoms with Crippen LogP contribution in [-0.2, 0) is 14.2 Å². The van der Waals surface area contributed by atoms with E-state index in [4.69, 9.17) is 18.9 Å². The molecule has 0 saturated carbocycles. The van der Waals surface area contributed by atoms with Crippen molar-refractivity contribution in [2.45, 2.75) is 48.0 Å². The van der Waals surface area contributed by atoms with Gasteiger partial charge in [0.1, 0.15) is 12.4 Å². The molecule has 24 heavy (non-hydrogen) atoms. The molecule has 0 aliphatic heterocycles. The van der Waals surface area contributed by atoms with Crippen molar-refractivity contribution >= 4 is 0 Å². The highest BCUT2D eigenvalue weighted by Gasteiger charge is 1.94. The molecular weight excluding hydrogens is 304 g/mol. The molecule has 0 N–H and O–H groups in total. The summed E-state index contributed by atoms with van der Waals surface area (Å²) in [5.74, 6) is 0.878. The van der Waals surface area contributed by atoms with E-state index in [-0.39, 0.29) is 0 Å². The van der Waals surface area contributed by atoms with E-state index in [1.807, 2.05) is 52.0 Å². The van der Waals surface area contributed by atoms with Gasteiger partial charge in [-0.3, -0.25) is 0 Å². The van der Waals surface area contributed by atoms with Gasteiger partial charge in [0.25, 0.3) is 0 Å². The Kier molecular flexibility index (Phi) is 22.9. The summed E-state index contributed by atoms with van der Waals surface area (Å²) in [6.07, 6.45) is 1.05. The first-order chi connectivity index (χ1) is 11.8. The molecule has 1 rings (SSSR count). The van der Waals surface area contributed by atoms with E-state index in [1.54, 1.807) is 0 Å². The second-order valence-corrected chi connectivity index (χ2v) is 4.50. The Morgan fingerprint density at radius 3 is 1.50 bits per heavy atom. The van der Waals surface area contributed by atoms with E-state index >= 15 is 0 Å². The molecule has 142 valence electrons. The Morgan fingerprint density at radius 2 is 1.04 bits per heavy atom. The number of rotatable bonds is 12. The van der Waals surface area contributed by atoms with Crippen molar-refractivity contribution in [3.63, 3.8) is 0 Å². The van der Waals surface area contributed by atoms with Gasteiger partial charge >= 0.3 is 0 Å². The van der Waals surface area contributed by atoms with Gasteiger partial charge in [0.15, 0.2) is 0 Å². The van der Waals surface area contributed by atoms with Crippen molar-refractivity contribution in [2.75, 3.05) is 46.2 Å². The molecule has 0 bridgehead atoms. The Morgan fingerprint density at radius 1 is 0.625 bits per heavy atom. The van der Waals surface area contributed by atoms with Gasteiger partial charge in [-0.15, -0.1) is 0 Å². The zero-order valence-corrected chi connectivity index (χ0v) is 16.6. The fourth-order valence-electron chi connectivity index (χ4n) is 1.54. The minimum absolute atomic E-state index is 0.558. The fourth-order valence-corrected chi connectivity index (χ4v) is 1.54. The third kappa shape index (κ3) is 17.3. The van der Waals surface area contributed by atoms with Gasteiger partial charge < -0.3 is 18.9 Å².